The molecule has 1 fully saturated rings. The fourth-order valence-corrected chi connectivity index (χ4v) is 4.29. The van der Waals surface area contributed by atoms with Crippen LogP contribution in [0.5, 0.6) is 17.2 Å². The predicted octanol–water partition coefficient (Wildman–Crippen LogP) is 1.64. The van der Waals surface area contributed by atoms with E-state index in [1.165, 1.54) is 16.9 Å². The third-order valence-corrected chi connectivity index (χ3v) is 5.90. The Morgan fingerprint density at radius 2 is 1.78 bits per heavy atom. The molecule has 1 aliphatic heterocycles. The highest BCUT2D eigenvalue weighted by Crippen LogP contribution is 2.41. The van der Waals surface area contributed by atoms with Gasteiger partial charge in [0, 0.05) is 18.5 Å². The van der Waals surface area contributed by atoms with Crippen molar-refractivity contribution in [1.82, 2.24) is 4.90 Å². The molecule has 2 aromatic rings. The fraction of sp³-hybridized carbons (Fsp3) is 0.429. The van der Waals surface area contributed by atoms with Crippen LogP contribution in [0, 0.1) is 0 Å². The zero-order valence-electron chi connectivity index (χ0n) is 21.9. The van der Waals surface area contributed by atoms with E-state index in [4.69, 9.17) is 14.2 Å². The molecule has 1 amide bonds. The van der Waals surface area contributed by atoms with Crippen molar-refractivity contribution in [3.05, 3.63) is 59.2 Å². The van der Waals surface area contributed by atoms with Gasteiger partial charge in [-0.15, -0.1) is 0 Å². The van der Waals surface area contributed by atoms with E-state index in [2.05, 4.69) is 0 Å². The summed E-state index contributed by atoms with van der Waals surface area (Å²) in [6.07, 6.45) is 0.681. The minimum atomic E-state index is -0.814. The number of hydrogen-bond donors (Lipinski definition) is 1. The number of hydrogen-bond acceptors (Lipinski definition) is 6. The second kappa shape index (κ2) is 11.9. The minimum absolute atomic E-state index is 0.00783. The maximum Gasteiger partial charge on any atom is 0.295 e. The second-order valence-electron chi connectivity index (χ2n) is 9.32. The first-order chi connectivity index (χ1) is 17.2. The topological polar surface area (TPSA) is 92.6 Å². The van der Waals surface area contributed by atoms with Gasteiger partial charge in [-0.25, -0.2) is 0 Å². The number of benzene rings is 2. The molecule has 1 unspecified atom stereocenters. The average molecular weight is 497 g/mol. The van der Waals surface area contributed by atoms with Gasteiger partial charge in [0.25, 0.3) is 5.91 Å². The third kappa shape index (κ3) is 5.99. The molecule has 0 aliphatic carbocycles. The quantitative estimate of drug-likeness (QED) is 0.289. The number of carbonyl (C=O) groups is 2. The lowest BCUT2D eigenvalue weighted by Crippen LogP contribution is -3.05. The summed E-state index contributed by atoms with van der Waals surface area (Å²) in [5, 5.41) is 13.6. The van der Waals surface area contributed by atoms with Crippen LogP contribution in [-0.4, -0.2) is 63.6 Å². The Labute approximate surface area is 213 Å². The highest BCUT2D eigenvalue weighted by molar-refractivity contribution is 6.46. The summed E-state index contributed by atoms with van der Waals surface area (Å²) in [7, 11) is 5.58. The molecule has 3 rings (SSSR count). The van der Waals surface area contributed by atoms with Crippen LogP contribution in [0.1, 0.15) is 44.4 Å². The van der Waals surface area contributed by atoms with Crippen molar-refractivity contribution in [2.24, 2.45) is 0 Å². The van der Waals surface area contributed by atoms with Gasteiger partial charge in [-0.1, -0.05) is 24.0 Å². The highest BCUT2D eigenvalue weighted by atomic mass is 16.5. The Morgan fingerprint density at radius 3 is 2.36 bits per heavy atom. The molecule has 0 bridgehead atoms. The van der Waals surface area contributed by atoms with Gasteiger partial charge in [0.15, 0.2) is 11.5 Å². The van der Waals surface area contributed by atoms with Gasteiger partial charge in [-0.3, -0.25) is 9.59 Å². The number of amides is 1. The Bertz CT molecular complexity index is 1110. The summed E-state index contributed by atoms with van der Waals surface area (Å²) >= 11 is 0. The molecule has 194 valence electrons. The number of quaternary nitrogens is 1. The van der Waals surface area contributed by atoms with E-state index in [9.17, 15) is 14.7 Å². The first kappa shape index (κ1) is 27.1. The average Bonchev–Trinajstić information content (AvgIpc) is 3.09. The Hall–Kier alpha value is -3.52. The third-order valence-electron chi connectivity index (χ3n) is 5.90. The van der Waals surface area contributed by atoms with Gasteiger partial charge in [-0.05, 0) is 56.2 Å². The summed E-state index contributed by atoms with van der Waals surface area (Å²) in [6.45, 7) is 7.34. The van der Waals surface area contributed by atoms with E-state index in [1.54, 1.807) is 42.5 Å². The number of rotatable bonds is 11. The number of Topliss-reactive ketones (excluding diaryl/α,β-unsaturated/α-hetero) is 1. The van der Waals surface area contributed by atoms with Gasteiger partial charge in [-0.2, -0.15) is 0 Å². The molecule has 1 atom stereocenters. The molecule has 0 radical (unpaired) electrons. The maximum absolute atomic E-state index is 13.6. The molecular weight excluding hydrogens is 460 g/mol. The van der Waals surface area contributed by atoms with Crippen LogP contribution in [0.4, 0.5) is 0 Å². The first-order valence-corrected chi connectivity index (χ1v) is 12.3. The number of ether oxygens (including phenoxy) is 3. The lowest BCUT2D eigenvalue weighted by atomic mass is 9.95. The molecule has 1 heterocycles. The Kier molecular flexibility index (Phi) is 8.98. The normalized spacial score (nSPS) is 17.2. The number of nitrogens with one attached hydrogen (secondary N) is 1. The first-order valence-electron chi connectivity index (χ1n) is 12.3. The fourth-order valence-electron chi connectivity index (χ4n) is 4.29. The van der Waals surface area contributed by atoms with Crippen LogP contribution in [0.3, 0.4) is 0 Å². The monoisotopic (exact) mass is 496 g/mol. The molecule has 8 nitrogen and oxygen atoms in total. The second-order valence-corrected chi connectivity index (χ2v) is 9.32. The molecule has 0 spiro atoms. The van der Waals surface area contributed by atoms with Crippen molar-refractivity contribution in [2.45, 2.75) is 39.3 Å². The zero-order valence-corrected chi connectivity index (χ0v) is 21.9. The molecular formula is C28H36N2O6. The van der Waals surface area contributed by atoms with Crippen molar-refractivity contribution in [3.63, 3.8) is 0 Å². The summed E-state index contributed by atoms with van der Waals surface area (Å²) in [5.74, 6) is -0.247. The summed E-state index contributed by atoms with van der Waals surface area (Å²) in [4.78, 5) is 29.1. The van der Waals surface area contributed by atoms with Crippen LogP contribution < -0.4 is 24.2 Å². The molecule has 1 N–H and O–H groups in total. The number of ketones is 1. The van der Waals surface area contributed by atoms with E-state index in [0.717, 1.165) is 6.54 Å². The standard InChI is InChI=1S/C28H36N2O6/c1-7-35-22-14-11-20(17-23(22)34-6)25-24(27(32)28(33)30(25)16-8-15-29(4)5)26(31)19-9-12-21(13-10-19)36-18(2)3/h9-14,17-18,25,31H,7-8,15-16H2,1-6H3. The smallest absolute Gasteiger partial charge is 0.295 e. The van der Waals surface area contributed by atoms with Crippen LogP contribution in [0.2, 0.25) is 0 Å². The van der Waals surface area contributed by atoms with Crippen LogP contribution in [0.25, 0.3) is 5.76 Å². The van der Waals surface area contributed by atoms with Crippen molar-refractivity contribution in [2.75, 3.05) is 40.9 Å². The number of likely N-dealkylation sites (tertiary alicyclic amines) is 1. The summed E-state index contributed by atoms with van der Waals surface area (Å²) < 4.78 is 16.8. The van der Waals surface area contributed by atoms with Crippen LogP contribution in [-0.2, 0) is 9.59 Å². The van der Waals surface area contributed by atoms with Crippen molar-refractivity contribution in [3.8, 4) is 17.2 Å². The lowest BCUT2D eigenvalue weighted by Gasteiger charge is -2.28. The van der Waals surface area contributed by atoms with Gasteiger partial charge in [0.05, 0.1) is 46.5 Å². The highest BCUT2D eigenvalue weighted by Gasteiger charge is 2.44. The van der Waals surface area contributed by atoms with Crippen molar-refractivity contribution >= 4 is 17.4 Å². The van der Waals surface area contributed by atoms with Crippen molar-refractivity contribution < 1.29 is 33.8 Å². The van der Waals surface area contributed by atoms with E-state index >= 15 is 0 Å². The van der Waals surface area contributed by atoms with Gasteiger partial charge in [0.2, 0.25) is 5.78 Å². The molecule has 36 heavy (non-hydrogen) atoms. The van der Waals surface area contributed by atoms with E-state index in [1.807, 2.05) is 34.9 Å². The van der Waals surface area contributed by atoms with Gasteiger partial charge in [0.1, 0.15) is 5.75 Å². The molecule has 8 heteroatoms. The lowest BCUT2D eigenvalue weighted by molar-refractivity contribution is -0.858. The van der Waals surface area contributed by atoms with E-state index < -0.39 is 23.5 Å². The summed E-state index contributed by atoms with van der Waals surface area (Å²) in [6, 6.07) is 11.1. The molecule has 1 aliphatic rings. The van der Waals surface area contributed by atoms with E-state index in [-0.39, 0.29) is 11.7 Å². The van der Waals surface area contributed by atoms with E-state index in [0.29, 0.717) is 47.9 Å². The molecule has 0 saturated carbocycles. The van der Waals surface area contributed by atoms with Gasteiger partial charge < -0.3 is 29.1 Å². The molecule has 2 aromatic carbocycles. The maximum atomic E-state index is 13.6. The number of methoxy groups -OCH3 is 1. The zero-order chi connectivity index (χ0) is 26.4. The minimum Gasteiger partial charge on any atom is -0.872 e. The largest absolute Gasteiger partial charge is 0.872 e. The molecule has 0 aromatic heterocycles. The number of nitrogens with zero attached hydrogens (tertiary/aromatic N) is 1. The van der Waals surface area contributed by atoms with Crippen LogP contribution >= 0.6 is 0 Å². The molecule has 1 saturated heterocycles. The van der Waals surface area contributed by atoms with Crippen LogP contribution in [0.15, 0.2) is 48.0 Å². The Morgan fingerprint density at radius 1 is 1.08 bits per heavy atom. The summed E-state index contributed by atoms with van der Waals surface area (Å²) in [5.41, 5.74) is 0.889. The number of carbonyl (C=O) groups excluding carboxylic acids is 2. The van der Waals surface area contributed by atoms with Crippen molar-refractivity contribution in [1.29, 1.82) is 0 Å². The predicted molar refractivity (Wildman–Crippen MR) is 135 cm³/mol. The SMILES string of the molecule is CCOc1ccc(C2C(=C([O-])c3ccc(OC(C)C)cc3)C(=O)C(=O)N2CCC[NH+](C)C)cc1OC. The Balaban J connectivity index is 2.09. The van der Waals surface area contributed by atoms with Gasteiger partial charge >= 0.3 is 0 Å².